The number of carbonyl (C=O) groups is 2. The molecule has 0 saturated carbocycles. The van der Waals surface area contributed by atoms with Crippen LogP contribution in [0.1, 0.15) is 22.3 Å². The van der Waals surface area contributed by atoms with Crippen molar-refractivity contribution >= 4 is 28.3 Å². The van der Waals surface area contributed by atoms with E-state index in [1.54, 1.807) is 30.5 Å². The first-order valence-corrected chi connectivity index (χ1v) is 9.96. The molecule has 0 saturated heterocycles. The maximum absolute atomic E-state index is 12.2. The smallest absolute Gasteiger partial charge is 0.269 e. The van der Waals surface area contributed by atoms with Gasteiger partial charge in [0, 0.05) is 39.7 Å². The molecule has 1 atom stereocenters. The van der Waals surface area contributed by atoms with Gasteiger partial charge in [-0.25, -0.2) is 0 Å². The molecular weight excluding hydrogens is 350 g/mol. The SMILES string of the molecule is CS(=O)c1ccc(C(=O)NNC(=O)CN2CCCc3ccccc32)cc1. The molecule has 6 nitrogen and oxygen atoms in total. The Morgan fingerprint density at radius 3 is 2.54 bits per heavy atom. The Morgan fingerprint density at radius 2 is 1.81 bits per heavy atom. The number of hydrogen-bond acceptors (Lipinski definition) is 4. The molecule has 26 heavy (non-hydrogen) atoms. The third-order valence-electron chi connectivity index (χ3n) is 4.30. The Bertz CT molecular complexity index is 836. The summed E-state index contributed by atoms with van der Waals surface area (Å²) in [4.78, 5) is 27.0. The molecule has 2 aromatic carbocycles. The molecule has 0 spiro atoms. The first-order valence-electron chi connectivity index (χ1n) is 8.40. The van der Waals surface area contributed by atoms with E-state index in [9.17, 15) is 13.8 Å². The van der Waals surface area contributed by atoms with Crippen molar-refractivity contribution in [1.82, 2.24) is 10.9 Å². The van der Waals surface area contributed by atoms with Crippen molar-refractivity contribution in [2.75, 3.05) is 24.2 Å². The summed E-state index contributed by atoms with van der Waals surface area (Å²) in [5.41, 5.74) is 7.58. The second-order valence-electron chi connectivity index (χ2n) is 6.13. The molecule has 3 rings (SSSR count). The van der Waals surface area contributed by atoms with Gasteiger partial charge in [0.2, 0.25) is 0 Å². The molecule has 0 aliphatic carbocycles. The molecule has 1 unspecified atom stereocenters. The van der Waals surface area contributed by atoms with E-state index >= 15 is 0 Å². The minimum atomic E-state index is -1.09. The summed E-state index contributed by atoms with van der Waals surface area (Å²) in [6.45, 7) is 0.999. The second-order valence-corrected chi connectivity index (χ2v) is 7.51. The van der Waals surface area contributed by atoms with Crippen LogP contribution in [0.3, 0.4) is 0 Å². The molecule has 1 aliphatic heterocycles. The molecule has 1 heterocycles. The van der Waals surface area contributed by atoms with Crippen molar-refractivity contribution in [2.45, 2.75) is 17.7 Å². The summed E-state index contributed by atoms with van der Waals surface area (Å²) < 4.78 is 11.4. The molecule has 0 fully saturated rings. The third-order valence-corrected chi connectivity index (χ3v) is 5.24. The number of anilines is 1. The summed E-state index contributed by atoms with van der Waals surface area (Å²) in [6.07, 6.45) is 3.60. The van der Waals surface area contributed by atoms with Gasteiger partial charge in [-0.2, -0.15) is 0 Å². The van der Waals surface area contributed by atoms with Crippen molar-refractivity contribution in [3.8, 4) is 0 Å². The number of nitrogens with zero attached hydrogens (tertiary/aromatic N) is 1. The van der Waals surface area contributed by atoms with Crippen LogP contribution in [0, 0.1) is 0 Å². The topological polar surface area (TPSA) is 78.5 Å². The quantitative estimate of drug-likeness (QED) is 0.801. The fourth-order valence-electron chi connectivity index (χ4n) is 2.99. The standard InChI is InChI=1S/C19H21N3O3S/c1-26(25)16-10-8-15(9-11-16)19(24)21-20-18(23)13-22-12-4-6-14-5-2-3-7-17(14)22/h2-3,5,7-11H,4,6,12-13H2,1H3,(H,20,23)(H,21,24). The highest BCUT2D eigenvalue weighted by Gasteiger charge is 2.18. The van der Waals surface area contributed by atoms with Crippen LogP contribution < -0.4 is 15.8 Å². The van der Waals surface area contributed by atoms with Crippen LogP contribution in [-0.2, 0) is 22.0 Å². The Hall–Kier alpha value is -2.67. The summed E-state index contributed by atoms with van der Waals surface area (Å²) >= 11 is 0. The van der Waals surface area contributed by atoms with Crippen LogP contribution in [0.5, 0.6) is 0 Å². The summed E-state index contributed by atoms with van der Waals surface area (Å²) in [5.74, 6) is -0.688. The zero-order valence-corrected chi connectivity index (χ0v) is 15.3. The fourth-order valence-corrected chi connectivity index (χ4v) is 3.50. The van der Waals surface area contributed by atoms with Gasteiger partial charge in [-0.15, -0.1) is 0 Å². The van der Waals surface area contributed by atoms with Crippen LogP contribution in [0.4, 0.5) is 5.69 Å². The van der Waals surface area contributed by atoms with Crippen molar-refractivity contribution in [2.24, 2.45) is 0 Å². The van der Waals surface area contributed by atoms with E-state index in [0.717, 1.165) is 25.1 Å². The van der Waals surface area contributed by atoms with Gasteiger partial charge in [-0.05, 0) is 48.7 Å². The Labute approximate surface area is 155 Å². The van der Waals surface area contributed by atoms with Gasteiger partial charge >= 0.3 is 0 Å². The Morgan fingerprint density at radius 1 is 1.08 bits per heavy atom. The van der Waals surface area contributed by atoms with E-state index in [4.69, 9.17) is 0 Å². The van der Waals surface area contributed by atoms with Crippen LogP contribution in [0.2, 0.25) is 0 Å². The highest BCUT2D eigenvalue weighted by molar-refractivity contribution is 7.84. The average molecular weight is 371 g/mol. The average Bonchev–Trinajstić information content (AvgIpc) is 2.66. The highest BCUT2D eigenvalue weighted by Crippen LogP contribution is 2.26. The number of para-hydroxylation sites is 1. The molecular formula is C19H21N3O3S. The zero-order valence-electron chi connectivity index (χ0n) is 14.5. The van der Waals surface area contributed by atoms with Gasteiger partial charge in [0.1, 0.15) is 0 Å². The van der Waals surface area contributed by atoms with Crippen LogP contribution in [-0.4, -0.2) is 35.4 Å². The molecule has 136 valence electrons. The van der Waals surface area contributed by atoms with E-state index in [-0.39, 0.29) is 12.5 Å². The van der Waals surface area contributed by atoms with Crippen molar-refractivity contribution < 1.29 is 13.8 Å². The van der Waals surface area contributed by atoms with Crippen molar-refractivity contribution in [3.63, 3.8) is 0 Å². The molecule has 2 amide bonds. The van der Waals surface area contributed by atoms with Gasteiger partial charge in [-0.1, -0.05) is 18.2 Å². The maximum atomic E-state index is 12.2. The monoisotopic (exact) mass is 371 g/mol. The summed E-state index contributed by atoms with van der Waals surface area (Å²) in [7, 11) is -1.09. The van der Waals surface area contributed by atoms with Crippen molar-refractivity contribution in [1.29, 1.82) is 0 Å². The number of carbonyl (C=O) groups excluding carboxylic acids is 2. The molecule has 0 radical (unpaired) electrons. The lowest BCUT2D eigenvalue weighted by Gasteiger charge is -2.30. The first kappa shape index (κ1) is 18.1. The van der Waals surface area contributed by atoms with E-state index in [2.05, 4.69) is 16.9 Å². The predicted octanol–water partition coefficient (Wildman–Crippen LogP) is 1.64. The van der Waals surface area contributed by atoms with Crippen LogP contribution >= 0.6 is 0 Å². The number of hydrazine groups is 1. The van der Waals surface area contributed by atoms with Crippen LogP contribution in [0.25, 0.3) is 0 Å². The molecule has 0 aromatic heterocycles. The molecule has 2 N–H and O–H groups in total. The normalized spacial score (nSPS) is 14.3. The highest BCUT2D eigenvalue weighted by atomic mass is 32.2. The van der Waals surface area contributed by atoms with E-state index in [0.29, 0.717) is 10.5 Å². The number of rotatable bonds is 4. The minimum absolute atomic E-state index is 0.186. The number of fused-ring (bicyclic) bond motifs is 1. The summed E-state index contributed by atoms with van der Waals surface area (Å²) in [5, 5.41) is 0. The summed E-state index contributed by atoms with van der Waals surface area (Å²) in [6, 6.07) is 14.5. The lowest BCUT2D eigenvalue weighted by molar-refractivity contribution is -0.120. The molecule has 2 aromatic rings. The number of aryl methyl sites for hydroxylation is 1. The lowest BCUT2D eigenvalue weighted by atomic mass is 10.0. The molecule has 7 heteroatoms. The van der Waals surface area contributed by atoms with Crippen molar-refractivity contribution in [3.05, 3.63) is 59.7 Å². The van der Waals surface area contributed by atoms with E-state index in [1.165, 1.54) is 5.56 Å². The number of amides is 2. The predicted molar refractivity (Wildman–Crippen MR) is 101 cm³/mol. The largest absolute Gasteiger partial charge is 0.362 e. The lowest BCUT2D eigenvalue weighted by Crippen LogP contribution is -2.47. The number of benzene rings is 2. The van der Waals surface area contributed by atoms with Gasteiger partial charge < -0.3 is 4.90 Å². The van der Waals surface area contributed by atoms with E-state index < -0.39 is 16.7 Å². The van der Waals surface area contributed by atoms with Gasteiger partial charge in [0.25, 0.3) is 11.8 Å². The van der Waals surface area contributed by atoms with E-state index in [1.807, 2.05) is 23.1 Å². The third kappa shape index (κ3) is 4.29. The maximum Gasteiger partial charge on any atom is 0.269 e. The molecule has 1 aliphatic rings. The van der Waals surface area contributed by atoms with Gasteiger partial charge in [0.15, 0.2) is 0 Å². The van der Waals surface area contributed by atoms with Gasteiger partial charge in [0.05, 0.1) is 6.54 Å². The first-order chi connectivity index (χ1) is 12.5. The van der Waals surface area contributed by atoms with Gasteiger partial charge in [-0.3, -0.25) is 24.6 Å². The van der Waals surface area contributed by atoms with Crippen LogP contribution in [0.15, 0.2) is 53.4 Å². The molecule has 0 bridgehead atoms. The number of hydrogen-bond donors (Lipinski definition) is 2. The second kappa shape index (κ2) is 8.14. The zero-order chi connectivity index (χ0) is 18.5. The minimum Gasteiger partial charge on any atom is -0.362 e. The Balaban J connectivity index is 1.54. The fraction of sp³-hybridized carbons (Fsp3) is 0.263. The number of nitrogens with one attached hydrogen (secondary N) is 2. The Kier molecular flexibility index (Phi) is 5.68.